The van der Waals surface area contributed by atoms with Crippen molar-refractivity contribution in [2.24, 2.45) is 0 Å². The lowest BCUT2D eigenvalue weighted by Crippen LogP contribution is -2.26. The van der Waals surface area contributed by atoms with Crippen molar-refractivity contribution in [1.29, 1.82) is 0 Å². The zero-order valence-electron chi connectivity index (χ0n) is 21.0. The fraction of sp³-hybridized carbons (Fsp3) is 0.100. The molecule has 0 aliphatic heterocycles. The van der Waals surface area contributed by atoms with Gasteiger partial charge in [-0.05, 0) is 48.9 Å². The van der Waals surface area contributed by atoms with Crippen molar-refractivity contribution < 1.29 is 4.74 Å². The second-order valence-corrected chi connectivity index (χ2v) is 9.84. The molecule has 3 aromatic carbocycles. The van der Waals surface area contributed by atoms with Crippen molar-refractivity contribution in [3.8, 4) is 34.0 Å². The first-order valence-corrected chi connectivity index (χ1v) is 13.3. The molecule has 0 aliphatic carbocycles. The minimum atomic E-state index is -0.475. The summed E-state index contributed by atoms with van der Waals surface area (Å²) in [7, 11) is 0. The van der Waals surface area contributed by atoms with Gasteiger partial charge in [0.1, 0.15) is 11.4 Å². The molecule has 39 heavy (non-hydrogen) atoms. The Morgan fingerprint density at radius 3 is 2.26 bits per heavy atom. The summed E-state index contributed by atoms with van der Waals surface area (Å²) in [5.41, 5.74) is 3.15. The van der Waals surface area contributed by atoms with Crippen LogP contribution in [0.25, 0.3) is 39.2 Å². The van der Waals surface area contributed by atoms with Crippen LogP contribution in [0.1, 0.15) is 18.9 Å². The van der Waals surface area contributed by atoms with E-state index in [1.54, 1.807) is 22.9 Å². The van der Waals surface area contributed by atoms with Crippen LogP contribution >= 0.6 is 11.3 Å². The highest BCUT2D eigenvalue weighted by molar-refractivity contribution is 7.15. The van der Waals surface area contributed by atoms with E-state index >= 15 is 0 Å². The summed E-state index contributed by atoms with van der Waals surface area (Å²) in [5.74, 6) is 0.788. The molecule has 0 radical (unpaired) electrons. The van der Waals surface area contributed by atoms with Crippen molar-refractivity contribution in [2.45, 2.75) is 13.3 Å². The SMILES string of the molecule is CCCOc1ccc(-c2nn(-c3ccccc3)cc2/C=c2\sc3nc(=O)c(-c4ccccc4)nn3c2=O)cc1. The van der Waals surface area contributed by atoms with Crippen LogP contribution in [-0.2, 0) is 0 Å². The Hall–Kier alpha value is -4.89. The number of thiazole rings is 1. The van der Waals surface area contributed by atoms with Gasteiger partial charge >= 0.3 is 5.56 Å². The maximum absolute atomic E-state index is 13.4. The van der Waals surface area contributed by atoms with Crippen LogP contribution in [0.5, 0.6) is 5.75 Å². The molecule has 8 nitrogen and oxygen atoms in total. The predicted octanol–water partition coefficient (Wildman–Crippen LogP) is 4.37. The minimum Gasteiger partial charge on any atom is -0.494 e. The molecule has 0 saturated heterocycles. The molecule has 0 amide bonds. The molecule has 0 aliphatic rings. The van der Waals surface area contributed by atoms with Gasteiger partial charge in [-0.2, -0.15) is 19.7 Å². The summed E-state index contributed by atoms with van der Waals surface area (Å²) in [5, 5.41) is 9.21. The van der Waals surface area contributed by atoms with Gasteiger partial charge in [0.05, 0.1) is 16.8 Å². The first-order valence-electron chi connectivity index (χ1n) is 12.5. The smallest absolute Gasteiger partial charge is 0.300 e. The van der Waals surface area contributed by atoms with E-state index in [0.717, 1.165) is 40.3 Å². The fourth-order valence-electron chi connectivity index (χ4n) is 4.19. The largest absolute Gasteiger partial charge is 0.494 e. The summed E-state index contributed by atoms with van der Waals surface area (Å²) in [6.45, 7) is 2.71. The highest BCUT2D eigenvalue weighted by atomic mass is 32.1. The Labute approximate surface area is 227 Å². The molecule has 0 spiro atoms. The Morgan fingerprint density at radius 2 is 1.54 bits per heavy atom. The van der Waals surface area contributed by atoms with E-state index in [1.165, 1.54) is 4.52 Å². The van der Waals surface area contributed by atoms with E-state index in [4.69, 9.17) is 9.84 Å². The highest BCUT2D eigenvalue weighted by Gasteiger charge is 2.15. The summed E-state index contributed by atoms with van der Waals surface area (Å²) < 4.78 is 9.11. The van der Waals surface area contributed by atoms with Gasteiger partial charge in [-0.1, -0.05) is 66.8 Å². The van der Waals surface area contributed by atoms with Crippen LogP contribution < -0.4 is 20.4 Å². The van der Waals surface area contributed by atoms with E-state index in [1.807, 2.05) is 79.0 Å². The van der Waals surface area contributed by atoms with Crippen LogP contribution in [0.2, 0.25) is 0 Å². The van der Waals surface area contributed by atoms with Gasteiger partial charge in [0.25, 0.3) is 5.56 Å². The van der Waals surface area contributed by atoms with Crippen molar-refractivity contribution in [3.05, 3.63) is 122 Å². The molecule has 0 atom stereocenters. The lowest BCUT2D eigenvalue weighted by Gasteiger charge is -2.05. The Balaban J connectivity index is 1.49. The molecule has 0 saturated carbocycles. The van der Waals surface area contributed by atoms with Gasteiger partial charge in [-0.3, -0.25) is 9.59 Å². The minimum absolute atomic E-state index is 0.137. The molecular formula is C30H23N5O3S. The number of hydrogen-bond donors (Lipinski definition) is 0. The summed E-state index contributed by atoms with van der Waals surface area (Å²) >= 11 is 1.12. The van der Waals surface area contributed by atoms with Crippen molar-refractivity contribution in [2.75, 3.05) is 6.61 Å². The van der Waals surface area contributed by atoms with Gasteiger partial charge < -0.3 is 4.74 Å². The molecule has 6 aromatic rings. The number of ether oxygens (including phenoxy) is 1. The van der Waals surface area contributed by atoms with Gasteiger partial charge in [0.2, 0.25) is 4.96 Å². The van der Waals surface area contributed by atoms with E-state index in [-0.39, 0.29) is 16.2 Å². The van der Waals surface area contributed by atoms with Gasteiger partial charge in [-0.15, -0.1) is 0 Å². The number of rotatable bonds is 7. The molecule has 0 bridgehead atoms. The topological polar surface area (TPSA) is 91.4 Å². The maximum Gasteiger partial charge on any atom is 0.300 e. The van der Waals surface area contributed by atoms with E-state index in [0.29, 0.717) is 22.4 Å². The van der Waals surface area contributed by atoms with Crippen LogP contribution in [0.3, 0.4) is 0 Å². The Kier molecular flexibility index (Phi) is 6.56. The van der Waals surface area contributed by atoms with Crippen LogP contribution in [0.4, 0.5) is 0 Å². The Bertz CT molecular complexity index is 1930. The van der Waals surface area contributed by atoms with E-state index in [2.05, 4.69) is 17.0 Å². The average Bonchev–Trinajstić information content (AvgIpc) is 3.53. The molecule has 6 rings (SSSR count). The number of fused-ring (bicyclic) bond motifs is 1. The summed E-state index contributed by atoms with van der Waals surface area (Å²) in [6.07, 6.45) is 4.59. The Morgan fingerprint density at radius 1 is 0.846 bits per heavy atom. The molecule has 0 N–H and O–H groups in total. The number of hydrogen-bond acceptors (Lipinski definition) is 7. The molecular weight excluding hydrogens is 510 g/mol. The second-order valence-electron chi connectivity index (χ2n) is 8.83. The molecule has 0 fully saturated rings. The first-order chi connectivity index (χ1) is 19.1. The predicted molar refractivity (Wildman–Crippen MR) is 152 cm³/mol. The highest BCUT2D eigenvalue weighted by Crippen LogP contribution is 2.26. The van der Waals surface area contributed by atoms with Gasteiger partial charge in [0.15, 0.2) is 5.69 Å². The third-order valence-corrected chi connectivity index (χ3v) is 7.04. The maximum atomic E-state index is 13.4. The van der Waals surface area contributed by atoms with Crippen molar-refractivity contribution >= 4 is 22.4 Å². The normalized spacial score (nSPS) is 11.8. The number of para-hydroxylation sites is 1. The van der Waals surface area contributed by atoms with Crippen molar-refractivity contribution in [1.82, 2.24) is 24.4 Å². The second kappa shape index (κ2) is 10.5. The van der Waals surface area contributed by atoms with Crippen LogP contribution in [0, 0.1) is 0 Å². The van der Waals surface area contributed by atoms with Crippen LogP contribution in [0.15, 0.2) is 101 Å². The number of aromatic nitrogens is 5. The standard InChI is InChI=1S/C30H23N5O3S/c1-2-17-38-24-15-13-21(14-16-24)26-22(19-34(32-26)23-11-7-4-8-12-23)18-25-29(37)35-30(39-25)31-28(36)27(33-35)20-9-5-3-6-10-20/h3-16,18-19H,2,17H2,1H3/b25-18-. The zero-order valence-corrected chi connectivity index (χ0v) is 21.8. The van der Waals surface area contributed by atoms with Crippen molar-refractivity contribution in [3.63, 3.8) is 0 Å². The lowest BCUT2D eigenvalue weighted by molar-refractivity contribution is 0.317. The molecule has 3 heterocycles. The molecule has 9 heteroatoms. The summed E-state index contributed by atoms with van der Waals surface area (Å²) in [6, 6.07) is 26.5. The van der Waals surface area contributed by atoms with Crippen LogP contribution in [-0.4, -0.2) is 31.0 Å². The quantitative estimate of drug-likeness (QED) is 0.303. The van der Waals surface area contributed by atoms with Gasteiger partial charge in [-0.25, -0.2) is 4.68 Å². The van der Waals surface area contributed by atoms with Gasteiger partial charge in [0, 0.05) is 22.9 Å². The molecule has 192 valence electrons. The zero-order chi connectivity index (χ0) is 26.8. The third-order valence-electron chi connectivity index (χ3n) is 6.08. The monoisotopic (exact) mass is 533 g/mol. The summed E-state index contributed by atoms with van der Waals surface area (Å²) in [4.78, 5) is 30.5. The van der Waals surface area contributed by atoms with E-state index < -0.39 is 5.56 Å². The fourth-order valence-corrected chi connectivity index (χ4v) is 5.08. The third kappa shape index (κ3) is 4.87. The number of nitrogens with zero attached hydrogens (tertiary/aromatic N) is 5. The number of benzene rings is 3. The molecule has 3 aromatic heterocycles. The lowest BCUT2D eigenvalue weighted by atomic mass is 10.1. The average molecular weight is 534 g/mol. The molecule has 0 unspecified atom stereocenters. The first kappa shape index (κ1) is 24.4. The van der Waals surface area contributed by atoms with E-state index in [9.17, 15) is 9.59 Å².